The topological polar surface area (TPSA) is 63.6 Å². The third kappa shape index (κ3) is 47.0. The summed E-state index contributed by atoms with van der Waals surface area (Å²) in [6, 6.07) is 0. The number of hydrogen-bond acceptors (Lipinski definition) is 4. The molecular weight excluding hydrogens is 220 g/mol. The number of esters is 1. The van der Waals surface area contributed by atoms with E-state index in [9.17, 15) is 9.59 Å². The number of halogens is 1. The van der Waals surface area contributed by atoms with Gasteiger partial charge in [-0.2, -0.15) is 0 Å². The van der Waals surface area contributed by atoms with Gasteiger partial charge in [0.15, 0.2) is 0 Å². The first-order valence-corrected chi connectivity index (χ1v) is 3.88. The minimum atomic E-state index is -0.509. The van der Waals surface area contributed by atoms with Gasteiger partial charge in [-0.05, 0) is 17.7 Å². The van der Waals surface area contributed by atoms with Crippen LogP contribution >= 0.6 is 11.6 Å². The van der Waals surface area contributed by atoms with Crippen molar-refractivity contribution in [2.45, 2.75) is 0 Å². The highest BCUT2D eigenvalue weighted by atomic mass is 35.5. The molecule has 84 valence electrons. The lowest BCUT2D eigenvalue weighted by atomic mass is 10.7. The molecule has 1 N–H and O–H groups in total. The predicted octanol–water partition coefficient (Wildman–Crippen LogP) is 2.48. The van der Waals surface area contributed by atoms with Gasteiger partial charge in [0, 0.05) is 6.08 Å². The average molecular weight is 233 g/mol. The molecule has 0 bridgehead atoms. The van der Waals surface area contributed by atoms with Crippen LogP contribution in [0.3, 0.4) is 0 Å². The Balaban J connectivity index is -0.000000158. The highest BCUT2D eigenvalue weighted by molar-refractivity contribution is 6.66. The smallest absolute Gasteiger partial charge is 0.334 e. The van der Waals surface area contributed by atoms with Crippen LogP contribution in [-0.2, 0) is 14.3 Å². The summed E-state index contributed by atoms with van der Waals surface area (Å²) in [4.78, 5) is 19.5. The van der Waals surface area contributed by atoms with Gasteiger partial charge in [0.2, 0.25) is 5.24 Å². The molecule has 0 aliphatic heterocycles. The Hall–Kier alpha value is -1.81. The third-order valence-corrected chi connectivity index (χ3v) is 0.681. The summed E-state index contributed by atoms with van der Waals surface area (Å²) in [5.41, 5.74) is 0. The standard InChI is InChI=1S/C5H6O2.C3H3ClO.C2H4O/c1-3-5(6)7-4-2;1-2-3(4)5;1-2-3/h3-4H,1-2H2;2H,1H2;2-3H,1H2. The highest BCUT2D eigenvalue weighted by Crippen LogP contribution is 1.75. The van der Waals surface area contributed by atoms with Crippen molar-refractivity contribution in [2.75, 3.05) is 0 Å². The van der Waals surface area contributed by atoms with Crippen molar-refractivity contribution in [1.29, 1.82) is 0 Å². The number of carbonyl (C=O) groups excluding carboxylic acids is 2. The molecular formula is C10H13ClO4. The van der Waals surface area contributed by atoms with Gasteiger partial charge in [0.1, 0.15) is 0 Å². The lowest BCUT2D eigenvalue weighted by molar-refractivity contribution is -0.132. The van der Waals surface area contributed by atoms with E-state index in [4.69, 9.17) is 16.7 Å². The normalized spacial score (nSPS) is 6.20. The molecule has 0 unspecified atom stereocenters. The first-order valence-electron chi connectivity index (χ1n) is 3.51. The molecule has 0 radical (unpaired) electrons. The van der Waals surface area contributed by atoms with E-state index >= 15 is 0 Å². The molecule has 5 heteroatoms. The second-order valence-electron chi connectivity index (χ2n) is 1.50. The van der Waals surface area contributed by atoms with E-state index in [2.05, 4.69) is 31.1 Å². The van der Waals surface area contributed by atoms with Crippen molar-refractivity contribution >= 4 is 22.8 Å². The van der Waals surface area contributed by atoms with Crippen LogP contribution in [0.5, 0.6) is 0 Å². The summed E-state index contributed by atoms with van der Waals surface area (Å²) in [6.45, 7) is 12.3. The van der Waals surface area contributed by atoms with Crippen molar-refractivity contribution in [3.05, 3.63) is 51.0 Å². The molecule has 0 saturated carbocycles. The van der Waals surface area contributed by atoms with E-state index in [0.717, 1.165) is 24.7 Å². The Morgan fingerprint density at radius 2 is 1.47 bits per heavy atom. The Kier molecular flexibility index (Phi) is 22.7. The molecule has 0 aromatic rings. The summed E-state index contributed by atoms with van der Waals surface area (Å²) < 4.78 is 4.20. The Bertz CT molecular complexity index is 234. The third-order valence-electron chi connectivity index (χ3n) is 0.527. The molecule has 0 heterocycles. The van der Waals surface area contributed by atoms with Crippen molar-refractivity contribution < 1.29 is 19.4 Å². The van der Waals surface area contributed by atoms with E-state index in [1.807, 2.05) is 0 Å². The molecule has 0 saturated heterocycles. The minimum Gasteiger partial charge on any atom is -0.516 e. The monoisotopic (exact) mass is 232 g/mol. The Morgan fingerprint density at radius 1 is 1.13 bits per heavy atom. The second kappa shape index (κ2) is 18.1. The van der Waals surface area contributed by atoms with Gasteiger partial charge in [-0.1, -0.05) is 26.3 Å². The maximum absolute atomic E-state index is 10.0. The molecule has 0 aromatic heterocycles. The Morgan fingerprint density at radius 3 is 1.53 bits per heavy atom. The Labute approximate surface area is 93.8 Å². The zero-order valence-corrected chi connectivity index (χ0v) is 8.94. The maximum atomic E-state index is 10.0. The predicted molar refractivity (Wildman–Crippen MR) is 60.4 cm³/mol. The SMILES string of the molecule is C=CC(=O)Cl.C=CO.C=COC(=O)C=C. The van der Waals surface area contributed by atoms with Gasteiger partial charge in [-0.25, -0.2) is 4.79 Å². The number of ether oxygens (including phenoxy) is 1. The van der Waals surface area contributed by atoms with Gasteiger partial charge < -0.3 is 9.84 Å². The van der Waals surface area contributed by atoms with Crippen LogP contribution < -0.4 is 0 Å². The van der Waals surface area contributed by atoms with E-state index in [-0.39, 0.29) is 0 Å². The molecule has 0 atom stereocenters. The quantitative estimate of drug-likeness (QED) is 0.351. The largest absolute Gasteiger partial charge is 0.516 e. The van der Waals surface area contributed by atoms with Crippen molar-refractivity contribution in [1.82, 2.24) is 0 Å². The molecule has 15 heavy (non-hydrogen) atoms. The van der Waals surface area contributed by atoms with Gasteiger partial charge in [0.25, 0.3) is 0 Å². The molecule has 0 rings (SSSR count). The molecule has 0 aliphatic carbocycles. The van der Waals surface area contributed by atoms with Crippen LogP contribution in [0.15, 0.2) is 51.0 Å². The molecule has 0 fully saturated rings. The number of allylic oxidation sites excluding steroid dienone is 1. The van der Waals surface area contributed by atoms with Crippen LogP contribution in [-0.4, -0.2) is 16.3 Å². The molecule has 0 aliphatic rings. The lowest BCUT2D eigenvalue weighted by Crippen LogP contribution is -1.90. The van der Waals surface area contributed by atoms with E-state index in [1.165, 1.54) is 0 Å². The number of aliphatic hydroxyl groups is 1. The first kappa shape index (κ1) is 18.9. The van der Waals surface area contributed by atoms with E-state index < -0.39 is 11.2 Å². The summed E-state index contributed by atoms with van der Waals surface area (Å²) in [6.07, 6.45) is 3.92. The molecule has 4 nitrogen and oxygen atoms in total. The first-order chi connectivity index (χ1) is 6.99. The van der Waals surface area contributed by atoms with E-state index in [1.54, 1.807) is 0 Å². The average Bonchev–Trinajstić information content (AvgIpc) is 2.20. The van der Waals surface area contributed by atoms with Crippen LogP contribution in [0.4, 0.5) is 0 Å². The fraction of sp³-hybridized carbons (Fsp3) is 0. The van der Waals surface area contributed by atoms with Crippen molar-refractivity contribution in [3.63, 3.8) is 0 Å². The van der Waals surface area contributed by atoms with Gasteiger partial charge in [-0.15, -0.1) is 0 Å². The fourth-order valence-corrected chi connectivity index (χ4v) is 0.130. The summed E-state index contributed by atoms with van der Waals surface area (Å²) in [5, 5.41) is 6.82. The van der Waals surface area contributed by atoms with Gasteiger partial charge >= 0.3 is 5.97 Å². The van der Waals surface area contributed by atoms with Crippen LogP contribution in [0.25, 0.3) is 0 Å². The number of carbonyl (C=O) groups is 2. The van der Waals surface area contributed by atoms with E-state index in [0.29, 0.717) is 0 Å². The van der Waals surface area contributed by atoms with Gasteiger partial charge in [0.05, 0.1) is 12.5 Å². The zero-order chi connectivity index (χ0) is 12.7. The highest BCUT2D eigenvalue weighted by Gasteiger charge is 1.84. The zero-order valence-electron chi connectivity index (χ0n) is 8.19. The molecule has 0 spiro atoms. The molecule has 0 amide bonds. The number of aliphatic hydroxyl groups excluding tert-OH is 1. The number of hydrogen-bond donors (Lipinski definition) is 1. The fourth-order valence-electron chi connectivity index (χ4n) is 0.130. The summed E-state index contributed by atoms with van der Waals surface area (Å²) in [7, 11) is 0. The minimum absolute atomic E-state index is 0.477. The summed E-state index contributed by atoms with van der Waals surface area (Å²) >= 11 is 4.71. The second-order valence-corrected chi connectivity index (χ2v) is 1.87. The summed E-state index contributed by atoms with van der Waals surface area (Å²) in [5.74, 6) is -0.477. The van der Waals surface area contributed by atoms with Crippen molar-refractivity contribution in [3.8, 4) is 0 Å². The van der Waals surface area contributed by atoms with Crippen LogP contribution in [0.1, 0.15) is 0 Å². The lowest BCUT2D eigenvalue weighted by Gasteiger charge is -1.85. The van der Waals surface area contributed by atoms with Crippen LogP contribution in [0.2, 0.25) is 0 Å². The molecule has 0 aromatic carbocycles. The number of rotatable bonds is 3. The van der Waals surface area contributed by atoms with Crippen LogP contribution in [0, 0.1) is 0 Å². The van der Waals surface area contributed by atoms with Gasteiger partial charge in [-0.3, -0.25) is 4.79 Å². The van der Waals surface area contributed by atoms with Crippen molar-refractivity contribution in [2.24, 2.45) is 0 Å². The maximum Gasteiger partial charge on any atom is 0.334 e.